The van der Waals surface area contributed by atoms with E-state index in [1.54, 1.807) is 11.1 Å². The predicted molar refractivity (Wildman–Crippen MR) is 117 cm³/mol. The van der Waals surface area contributed by atoms with Gasteiger partial charge < -0.3 is 15.0 Å². The zero-order valence-corrected chi connectivity index (χ0v) is 17.7. The summed E-state index contributed by atoms with van der Waals surface area (Å²) in [5.41, 5.74) is 2.44. The van der Waals surface area contributed by atoms with E-state index in [1.807, 2.05) is 29.7 Å². The van der Waals surface area contributed by atoms with Gasteiger partial charge in [-0.3, -0.25) is 4.98 Å². The molecule has 0 radical (unpaired) electrons. The third kappa shape index (κ3) is 3.99. The third-order valence-electron chi connectivity index (χ3n) is 6.05. The van der Waals surface area contributed by atoms with E-state index in [9.17, 15) is 0 Å². The fourth-order valence-corrected chi connectivity index (χ4v) is 5.74. The molecule has 1 aliphatic heterocycles. The first-order valence-corrected chi connectivity index (χ1v) is 11.5. The van der Waals surface area contributed by atoms with Gasteiger partial charge >= 0.3 is 0 Å². The van der Waals surface area contributed by atoms with Gasteiger partial charge in [0.25, 0.3) is 0 Å². The van der Waals surface area contributed by atoms with Crippen molar-refractivity contribution in [3.63, 3.8) is 0 Å². The van der Waals surface area contributed by atoms with Crippen molar-refractivity contribution >= 4 is 27.4 Å². The molecule has 4 heterocycles. The summed E-state index contributed by atoms with van der Waals surface area (Å²) in [7, 11) is 0. The van der Waals surface area contributed by atoms with E-state index in [2.05, 4.69) is 17.2 Å². The van der Waals surface area contributed by atoms with Gasteiger partial charge in [0.05, 0.1) is 31.7 Å². The monoisotopic (exact) mass is 410 g/mol. The van der Waals surface area contributed by atoms with Crippen LogP contribution in [0.25, 0.3) is 21.6 Å². The van der Waals surface area contributed by atoms with Crippen LogP contribution in [0.5, 0.6) is 0 Å². The van der Waals surface area contributed by atoms with E-state index in [1.165, 1.54) is 22.2 Å². The van der Waals surface area contributed by atoms with Crippen LogP contribution < -0.4 is 10.2 Å². The lowest BCUT2D eigenvalue weighted by atomic mass is 9.89. The molecule has 0 aromatic carbocycles. The maximum absolute atomic E-state index is 5.48. The lowest BCUT2D eigenvalue weighted by Crippen LogP contribution is -3.14. The van der Waals surface area contributed by atoms with Crippen molar-refractivity contribution < 1.29 is 9.64 Å². The molecule has 6 nitrogen and oxygen atoms in total. The minimum absolute atomic E-state index is 0.752. The lowest BCUT2D eigenvalue weighted by Gasteiger charge is -2.24. The lowest BCUT2D eigenvalue weighted by molar-refractivity contribution is -0.906. The van der Waals surface area contributed by atoms with Gasteiger partial charge in [-0.05, 0) is 42.9 Å². The number of aryl methyl sites for hydroxylation is 1. The molecule has 0 spiro atoms. The minimum atomic E-state index is 0.752. The van der Waals surface area contributed by atoms with Crippen molar-refractivity contribution in [1.82, 2.24) is 15.0 Å². The van der Waals surface area contributed by atoms with Gasteiger partial charge in [-0.25, -0.2) is 9.97 Å². The van der Waals surface area contributed by atoms with Crippen molar-refractivity contribution in [3.8, 4) is 11.4 Å². The van der Waals surface area contributed by atoms with Gasteiger partial charge in [0.15, 0.2) is 5.82 Å². The maximum Gasteiger partial charge on any atom is 0.164 e. The Bertz CT molecular complexity index is 984. The standard InChI is InChI=1S/C22H27N5OS/c1-15-4-5-17-18(13-15)29-22-19(17)21(24-7-8-27-9-11-28-12-10-27)25-20(26-22)16-3-2-6-23-14-16/h2-3,6,14-15H,4-5,7-13H2,1H3,(H,24,25,26)/p+1/t15-/m0/s1. The summed E-state index contributed by atoms with van der Waals surface area (Å²) in [6, 6.07) is 3.98. The number of thiophene rings is 1. The molecule has 7 heteroatoms. The molecule has 1 fully saturated rings. The van der Waals surface area contributed by atoms with Crippen molar-refractivity contribution in [1.29, 1.82) is 0 Å². The summed E-state index contributed by atoms with van der Waals surface area (Å²) in [6.07, 6.45) is 7.18. The Morgan fingerprint density at radius 3 is 3.00 bits per heavy atom. The molecular formula is C22H28N5OS+. The van der Waals surface area contributed by atoms with Crippen molar-refractivity contribution in [2.24, 2.45) is 5.92 Å². The molecule has 0 saturated carbocycles. The van der Waals surface area contributed by atoms with Crippen molar-refractivity contribution in [3.05, 3.63) is 35.0 Å². The minimum Gasteiger partial charge on any atom is -0.370 e. The molecule has 29 heavy (non-hydrogen) atoms. The number of ether oxygens (including phenoxy) is 1. The number of nitrogens with zero attached hydrogens (tertiary/aromatic N) is 3. The molecule has 1 aliphatic carbocycles. The first-order chi connectivity index (χ1) is 14.3. The van der Waals surface area contributed by atoms with Crippen LogP contribution in [0.1, 0.15) is 23.8 Å². The average Bonchev–Trinajstić information content (AvgIpc) is 3.12. The van der Waals surface area contributed by atoms with Gasteiger partial charge in [0.1, 0.15) is 23.7 Å². The number of morpholine rings is 1. The van der Waals surface area contributed by atoms with E-state index in [4.69, 9.17) is 14.7 Å². The number of pyridine rings is 1. The average molecular weight is 411 g/mol. The molecule has 3 aromatic heterocycles. The normalized spacial score (nSPS) is 20.0. The second kappa shape index (κ2) is 8.34. The number of rotatable bonds is 5. The quantitative estimate of drug-likeness (QED) is 0.675. The number of hydrogen-bond acceptors (Lipinski definition) is 6. The topological polar surface area (TPSA) is 64.4 Å². The molecule has 1 atom stereocenters. The molecule has 152 valence electrons. The SMILES string of the molecule is C[C@H]1CCc2c(sc3nc(-c4cccnc4)nc(NCC[NH+]4CCOCC4)c23)C1. The van der Waals surface area contributed by atoms with Crippen LogP contribution in [0.2, 0.25) is 0 Å². The fraction of sp³-hybridized carbons (Fsp3) is 0.500. The largest absolute Gasteiger partial charge is 0.370 e. The van der Waals surface area contributed by atoms with Crippen LogP contribution in [0.3, 0.4) is 0 Å². The molecule has 5 rings (SSSR count). The number of aromatic nitrogens is 3. The van der Waals surface area contributed by atoms with Crippen LogP contribution in [0.15, 0.2) is 24.5 Å². The zero-order chi connectivity index (χ0) is 19.6. The van der Waals surface area contributed by atoms with Crippen LogP contribution >= 0.6 is 11.3 Å². The summed E-state index contributed by atoms with van der Waals surface area (Å²) >= 11 is 1.85. The number of anilines is 1. The molecule has 0 unspecified atom stereocenters. The molecule has 1 saturated heterocycles. The highest BCUT2D eigenvalue weighted by Crippen LogP contribution is 2.40. The van der Waals surface area contributed by atoms with Gasteiger partial charge in [0, 0.05) is 22.8 Å². The Hall–Kier alpha value is -2.09. The van der Waals surface area contributed by atoms with Crippen molar-refractivity contribution in [2.75, 3.05) is 44.7 Å². The Morgan fingerprint density at radius 1 is 1.28 bits per heavy atom. The van der Waals surface area contributed by atoms with E-state index in [-0.39, 0.29) is 0 Å². The van der Waals surface area contributed by atoms with Gasteiger partial charge in [-0.15, -0.1) is 11.3 Å². The zero-order valence-electron chi connectivity index (χ0n) is 16.9. The summed E-state index contributed by atoms with van der Waals surface area (Å²) in [6.45, 7) is 8.27. The van der Waals surface area contributed by atoms with E-state index in [0.717, 1.165) is 80.2 Å². The van der Waals surface area contributed by atoms with Crippen LogP contribution in [-0.4, -0.2) is 54.3 Å². The summed E-state index contributed by atoms with van der Waals surface area (Å²) in [4.78, 5) is 18.4. The molecule has 0 amide bonds. The highest BCUT2D eigenvalue weighted by molar-refractivity contribution is 7.19. The number of quaternary nitrogens is 1. The fourth-order valence-electron chi connectivity index (χ4n) is 4.36. The maximum atomic E-state index is 5.48. The van der Waals surface area contributed by atoms with E-state index >= 15 is 0 Å². The molecule has 2 aliphatic rings. The second-order valence-corrected chi connectivity index (χ2v) is 9.29. The highest BCUT2D eigenvalue weighted by atomic mass is 32.1. The van der Waals surface area contributed by atoms with Gasteiger partial charge in [0.2, 0.25) is 0 Å². The number of hydrogen-bond donors (Lipinski definition) is 2. The van der Waals surface area contributed by atoms with E-state index in [0.29, 0.717) is 0 Å². The van der Waals surface area contributed by atoms with Crippen LogP contribution in [0, 0.1) is 5.92 Å². The predicted octanol–water partition coefficient (Wildman–Crippen LogP) is 2.21. The van der Waals surface area contributed by atoms with Gasteiger partial charge in [-0.2, -0.15) is 0 Å². The van der Waals surface area contributed by atoms with Crippen molar-refractivity contribution in [2.45, 2.75) is 26.2 Å². The molecule has 2 N–H and O–H groups in total. The summed E-state index contributed by atoms with van der Waals surface area (Å²) < 4.78 is 5.48. The first kappa shape index (κ1) is 18.9. The van der Waals surface area contributed by atoms with Crippen LogP contribution in [-0.2, 0) is 17.6 Å². The summed E-state index contributed by atoms with van der Waals surface area (Å²) in [5.74, 6) is 2.51. The second-order valence-electron chi connectivity index (χ2n) is 8.21. The summed E-state index contributed by atoms with van der Waals surface area (Å²) in [5, 5.41) is 4.92. The molecule has 3 aromatic rings. The smallest absolute Gasteiger partial charge is 0.164 e. The Kier molecular flexibility index (Phi) is 5.44. The Labute approximate surface area is 175 Å². The van der Waals surface area contributed by atoms with Gasteiger partial charge in [-0.1, -0.05) is 6.92 Å². The molecular weight excluding hydrogens is 382 g/mol. The Balaban J connectivity index is 1.48. The first-order valence-electron chi connectivity index (χ1n) is 10.7. The number of nitrogens with one attached hydrogen (secondary N) is 2. The van der Waals surface area contributed by atoms with E-state index < -0.39 is 0 Å². The Morgan fingerprint density at radius 2 is 2.17 bits per heavy atom. The third-order valence-corrected chi connectivity index (χ3v) is 7.19. The number of fused-ring (bicyclic) bond motifs is 3. The molecule has 0 bridgehead atoms. The van der Waals surface area contributed by atoms with Crippen LogP contribution in [0.4, 0.5) is 5.82 Å². The highest BCUT2D eigenvalue weighted by Gasteiger charge is 2.24.